The van der Waals surface area contributed by atoms with Gasteiger partial charge in [-0.2, -0.15) is 0 Å². The van der Waals surface area contributed by atoms with E-state index in [-0.39, 0.29) is 11.6 Å². The first kappa shape index (κ1) is 19.2. The summed E-state index contributed by atoms with van der Waals surface area (Å²) in [6.07, 6.45) is 3.43. The van der Waals surface area contributed by atoms with Crippen LogP contribution in [0.1, 0.15) is 32.6 Å². The summed E-state index contributed by atoms with van der Waals surface area (Å²) in [4.78, 5) is 29.7. The number of pyridine rings is 1. The third kappa shape index (κ3) is 4.40. The first-order chi connectivity index (χ1) is 13.5. The Morgan fingerprint density at radius 2 is 1.82 bits per heavy atom. The van der Waals surface area contributed by atoms with Gasteiger partial charge in [0.05, 0.1) is 4.92 Å². The average Bonchev–Trinajstić information content (AvgIpc) is 2.69. The highest BCUT2D eigenvalue weighted by molar-refractivity contribution is 5.94. The number of carbonyl (C=O) groups excluding carboxylic acids is 1. The lowest BCUT2D eigenvalue weighted by Gasteiger charge is -2.24. The lowest BCUT2D eigenvalue weighted by Crippen LogP contribution is -2.30. The lowest BCUT2D eigenvalue weighted by atomic mass is 10.1. The van der Waals surface area contributed by atoms with E-state index in [0.717, 1.165) is 16.7 Å². The standard InChI is InChI=1S/C22H21N3O3/c1-16-6-3-4-8-20(16)15-24(14-18-7-5-11-23-13-18)22(26)19-9-10-21(25(27)28)17(2)12-19/h3-13H,14-15H2,1-2H3. The molecular weight excluding hydrogens is 354 g/mol. The summed E-state index contributed by atoms with van der Waals surface area (Å²) in [5.74, 6) is -0.176. The zero-order valence-corrected chi connectivity index (χ0v) is 15.8. The summed E-state index contributed by atoms with van der Waals surface area (Å²) in [5.41, 5.74) is 3.98. The molecule has 0 fully saturated rings. The van der Waals surface area contributed by atoms with Crippen LogP contribution in [0.4, 0.5) is 5.69 Å². The largest absolute Gasteiger partial charge is 0.330 e. The minimum Gasteiger partial charge on any atom is -0.330 e. The molecule has 0 aliphatic carbocycles. The van der Waals surface area contributed by atoms with Gasteiger partial charge >= 0.3 is 0 Å². The molecule has 6 heteroatoms. The van der Waals surface area contributed by atoms with Crippen molar-refractivity contribution in [2.45, 2.75) is 26.9 Å². The van der Waals surface area contributed by atoms with E-state index in [9.17, 15) is 14.9 Å². The number of benzene rings is 2. The second-order valence-corrected chi connectivity index (χ2v) is 6.71. The highest BCUT2D eigenvalue weighted by atomic mass is 16.6. The molecule has 0 atom stereocenters. The minimum atomic E-state index is -0.440. The van der Waals surface area contributed by atoms with Crippen molar-refractivity contribution in [1.82, 2.24) is 9.88 Å². The van der Waals surface area contributed by atoms with Crippen LogP contribution in [0.25, 0.3) is 0 Å². The van der Waals surface area contributed by atoms with Gasteiger partial charge in [-0.05, 0) is 48.7 Å². The summed E-state index contributed by atoms with van der Waals surface area (Å²) >= 11 is 0. The number of amides is 1. The molecule has 0 unspecified atom stereocenters. The molecule has 6 nitrogen and oxygen atoms in total. The fourth-order valence-electron chi connectivity index (χ4n) is 3.08. The molecule has 3 aromatic rings. The smallest absolute Gasteiger partial charge is 0.272 e. The monoisotopic (exact) mass is 375 g/mol. The van der Waals surface area contributed by atoms with Crippen molar-refractivity contribution < 1.29 is 9.72 Å². The molecule has 1 aromatic heterocycles. The topological polar surface area (TPSA) is 76.3 Å². The van der Waals surface area contributed by atoms with Crippen molar-refractivity contribution in [3.63, 3.8) is 0 Å². The third-order valence-electron chi connectivity index (χ3n) is 4.65. The van der Waals surface area contributed by atoms with Gasteiger partial charge in [0.15, 0.2) is 0 Å². The van der Waals surface area contributed by atoms with Crippen molar-refractivity contribution in [1.29, 1.82) is 0 Å². The predicted octanol–water partition coefficient (Wildman–Crippen LogP) is 4.45. The van der Waals surface area contributed by atoms with Gasteiger partial charge in [0.2, 0.25) is 0 Å². The van der Waals surface area contributed by atoms with Crippen molar-refractivity contribution in [3.05, 3.63) is 105 Å². The van der Waals surface area contributed by atoms with E-state index in [1.807, 2.05) is 43.3 Å². The Bertz CT molecular complexity index is 1000. The predicted molar refractivity (Wildman–Crippen MR) is 107 cm³/mol. The van der Waals surface area contributed by atoms with Crippen LogP contribution < -0.4 is 0 Å². The van der Waals surface area contributed by atoms with E-state index in [4.69, 9.17) is 0 Å². The number of aryl methyl sites for hydroxylation is 2. The third-order valence-corrected chi connectivity index (χ3v) is 4.65. The number of aromatic nitrogens is 1. The summed E-state index contributed by atoms with van der Waals surface area (Å²) in [6.45, 7) is 4.49. The molecule has 3 rings (SSSR count). The van der Waals surface area contributed by atoms with Gasteiger partial charge in [-0.1, -0.05) is 30.3 Å². The Labute approximate surface area is 163 Å². The molecule has 0 radical (unpaired) electrons. The van der Waals surface area contributed by atoms with Crippen LogP contribution in [-0.2, 0) is 13.1 Å². The molecule has 0 saturated carbocycles. The van der Waals surface area contributed by atoms with Crippen molar-refractivity contribution >= 4 is 11.6 Å². The minimum absolute atomic E-state index is 0.00858. The lowest BCUT2D eigenvalue weighted by molar-refractivity contribution is -0.385. The SMILES string of the molecule is Cc1ccccc1CN(Cc1cccnc1)C(=O)c1ccc([N+](=O)[O-])c(C)c1. The van der Waals surface area contributed by atoms with Gasteiger partial charge in [-0.15, -0.1) is 0 Å². The van der Waals surface area contributed by atoms with E-state index in [2.05, 4.69) is 4.98 Å². The highest BCUT2D eigenvalue weighted by Gasteiger charge is 2.20. The molecule has 0 aliphatic rings. The molecule has 1 heterocycles. The summed E-state index contributed by atoms with van der Waals surface area (Å²) in [6, 6.07) is 16.2. The summed E-state index contributed by atoms with van der Waals surface area (Å²) in [7, 11) is 0. The van der Waals surface area contributed by atoms with E-state index in [1.54, 1.807) is 30.3 Å². The Hall–Kier alpha value is -3.54. The Morgan fingerprint density at radius 3 is 2.46 bits per heavy atom. The van der Waals surface area contributed by atoms with Crippen molar-refractivity contribution in [2.75, 3.05) is 0 Å². The van der Waals surface area contributed by atoms with Crippen LogP contribution in [0.2, 0.25) is 0 Å². The number of hydrogen-bond donors (Lipinski definition) is 0. The second-order valence-electron chi connectivity index (χ2n) is 6.71. The highest BCUT2D eigenvalue weighted by Crippen LogP contribution is 2.22. The number of nitro groups is 1. The van der Waals surface area contributed by atoms with E-state index < -0.39 is 4.92 Å². The normalized spacial score (nSPS) is 10.5. The number of rotatable bonds is 6. The van der Waals surface area contributed by atoms with E-state index >= 15 is 0 Å². The van der Waals surface area contributed by atoms with Crippen LogP contribution in [0.15, 0.2) is 67.0 Å². The summed E-state index contributed by atoms with van der Waals surface area (Å²) in [5, 5.41) is 11.1. The van der Waals surface area contributed by atoms with Gasteiger partial charge in [-0.25, -0.2) is 0 Å². The molecule has 0 spiro atoms. The maximum atomic E-state index is 13.2. The number of nitrogens with zero attached hydrogens (tertiary/aromatic N) is 3. The van der Waals surface area contributed by atoms with E-state index in [1.165, 1.54) is 12.1 Å². The maximum absolute atomic E-state index is 13.2. The van der Waals surface area contributed by atoms with Crippen LogP contribution in [0.3, 0.4) is 0 Å². The van der Waals surface area contributed by atoms with Crippen molar-refractivity contribution in [3.8, 4) is 0 Å². The second kappa shape index (κ2) is 8.43. The Balaban J connectivity index is 1.93. The molecule has 142 valence electrons. The average molecular weight is 375 g/mol. The molecule has 0 bridgehead atoms. The van der Waals surface area contributed by atoms with Gasteiger partial charge in [-0.3, -0.25) is 19.9 Å². The molecular formula is C22H21N3O3. The quantitative estimate of drug-likeness (QED) is 0.471. The van der Waals surface area contributed by atoms with Crippen LogP contribution in [0.5, 0.6) is 0 Å². The molecule has 2 aromatic carbocycles. The first-order valence-electron chi connectivity index (χ1n) is 8.93. The molecule has 0 N–H and O–H groups in total. The zero-order chi connectivity index (χ0) is 20.1. The van der Waals surface area contributed by atoms with Crippen LogP contribution in [0, 0.1) is 24.0 Å². The zero-order valence-electron chi connectivity index (χ0n) is 15.8. The molecule has 1 amide bonds. The Kier molecular flexibility index (Phi) is 5.79. The van der Waals surface area contributed by atoms with E-state index in [0.29, 0.717) is 24.2 Å². The van der Waals surface area contributed by atoms with Crippen LogP contribution in [-0.4, -0.2) is 20.7 Å². The maximum Gasteiger partial charge on any atom is 0.272 e. The number of nitro benzene ring substituents is 1. The van der Waals surface area contributed by atoms with Crippen molar-refractivity contribution in [2.24, 2.45) is 0 Å². The number of hydrogen-bond acceptors (Lipinski definition) is 4. The van der Waals surface area contributed by atoms with Gasteiger partial charge < -0.3 is 4.90 Å². The van der Waals surface area contributed by atoms with Crippen LogP contribution >= 0.6 is 0 Å². The van der Waals surface area contributed by atoms with Gasteiger partial charge in [0.1, 0.15) is 0 Å². The first-order valence-corrected chi connectivity index (χ1v) is 8.93. The Morgan fingerprint density at radius 1 is 1.04 bits per heavy atom. The van der Waals surface area contributed by atoms with Gasteiger partial charge in [0, 0.05) is 42.7 Å². The van der Waals surface area contributed by atoms with Gasteiger partial charge in [0.25, 0.3) is 11.6 Å². The fraction of sp³-hybridized carbons (Fsp3) is 0.182. The fourth-order valence-corrected chi connectivity index (χ4v) is 3.08. The molecule has 0 saturated heterocycles. The molecule has 0 aliphatic heterocycles. The summed E-state index contributed by atoms with van der Waals surface area (Å²) < 4.78 is 0. The number of carbonyl (C=O) groups is 1. The molecule has 28 heavy (non-hydrogen) atoms.